The van der Waals surface area contributed by atoms with Crippen LogP contribution in [0, 0.1) is 11.3 Å². The minimum atomic E-state index is 0.277. The molecule has 19 heavy (non-hydrogen) atoms. The molecule has 1 aliphatic carbocycles. The summed E-state index contributed by atoms with van der Waals surface area (Å²) in [6, 6.07) is 6.79. The molecule has 1 N–H and O–H groups in total. The van der Waals surface area contributed by atoms with Gasteiger partial charge in [0.25, 0.3) is 0 Å². The van der Waals surface area contributed by atoms with Gasteiger partial charge in [-0.05, 0) is 47.6 Å². The number of benzene rings is 1. The maximum Gasteiger partial charge on any atom is 0.0409 e. The molecule has 0 heterocycles. The smallest absolute Gasteiger partial charge is 0.0409 e. The highest BCUT2D eigenvalue weighted by Gasteiger charge is 2.38. The lowest BCUT2D eigenvalue weighted by atomic mass is 9.85. The minimum absolute atomic E-state index is 0.277. The summed E-state index contributed by atoms with van der Waals surface area (Å²) in [5.74, 6) is 0.777. The largest absolute Gasteiger partial charge is 0.309 e. The molecule has 1 atom stereocenters. The highest BCUT2D eigenvalue weighted by molar-refractivity contribution is 6.30. The Morgan fingerprint density at radius 2 is 2.00 bits per heavy atom. The third-order valence-electron chi connectivity index (χ3n) is 4.61. The van der Waals surface area contributed by atoms with Crippen molar-refractivity contribution in [2.75, 3.05) is 6.54 Å². The maximum absolute atomic E-state index is 6.17. The van der Waals surface area contributed by atoms with Crippen molar-refractivity contribution in [2.45, 2.75) is 53.0 Å². The second-order valence-corrected chi connectivity index (χ2v) is 6.97. The zero-order valence-corrected chi connectivity index (χ0v) is 13.3. The van der Waals surface area contributed by atoms with Crippen molar-refractivity contribution in [1.82, 2.24) is 5.32 Å². The van der Waals surface area contributed by atoms with E-state index in [0.29, 0.717) is 6.04 Å². The fourth-order valence-electron chi connectivity index (χ4n) is 3.26. The summed E-state index contributed by atoms with van der Waals surface area (Å²) in [6.45, 7) is 10.4. The number of halogens is 1. The predicted octanol–water partition coefficient (Wildman–Crippen LogP) is 4.99. The maximum atomic E-state index is 6.17. The molecule has 1 aromatic carbocycles. The zero-order chi connectivity index (χ0) is 14.0. The van der Waals surface area contributed by atoms with Crippen LogP contribution in [0.5, 0.6) is 0 Å². The van der Waals surface area contributed by atoms with Crippen molar-refractivity contribution in [3.05, 3.63) is 34.3 Å². The average Bonchev–Trinajstić information content (AvgIpc) is 2.61. The average molecular weight is 280 g/mol. The number of hydrogen-bond acceptors (Lipinski definition) is 1. The summed E-state index contributed by atoms with van der Waals surface area (Å²) in [5, 5.41) is 4.65. The topological polar surface area (TPSA) is 12.0 Å². The Balaban J connectivity index is 2.17. The van der Waals surface area contributed by atoms with Crippen molar-refractivity contribution in [2.24, 2.45) is 11.3 Å². The van der Waals surface area contributed by atoms with Crippen LogP contribution in [0.4, 0.5) is 0 Å². The van der Waals surface area contributed by atoms with Gasteiger partial charge in [0, 0.05) is 11.1 Å². The van der Waals surface area contributed by atoms with Gasteiger partial charge in [-0.15, -0.1) is 0 Å². The Bertz CT molecular complexity index is 435. The van der Waals surface area contributed by atoms with E-state index in [1.807, 2.05) is 6.07 Å². The van der Waals surface area contributed by atoms with Crippen LogP contribution in [0.3, 0.4) is 0 Å². The first-order valence-corrected chi connectivity index (χ1v) is 7.87. The SMILES string of the molecule is CCC(CC)CNC1c2cc(Cl)ccc2CC1(C)C. The van der Waals surface area contributed by atoms with Crippen molar-refractivity contribution in [3.8, 4) is 0 Å². The molecule has 0 bridgehead atoms. The van der Waals surface area contributed by atoms with Crippen molar-refractivity contribution in [3.63, 3.8) is 0 Å². The van der Waals surface area contributed by atoms with Gasteiger partial charge in [0.15, 0.2) is 0 Å². The summed E-state index contributed by atoms with van der Waals surface area (Å²) in [7, 11) is 0. The first-order valence-electron chi connectivity index (χ1n) is 7.49. The van der Waals surface area contributed by atoms with Crippen LogP contribution in [-0.2, 0) is 6.42 Å². The van der Waals surface area contributed by atoms with Gasteiger partial charge < -0.3 is 5.32 Å². The molecule has 0 amide bonds. The molecule has 0 fully saturated rings. The van der Waals surface area contributed by atoms with E-state index in [2.05, 4.69) is 45.1 Å². The standard InChI is InChI=1S/C17H26ClN/c1-5-12(6-2)11-19-16-15-9-14(18)8-7-13(15)10-17(16,3)4/h7-9,12,16,19H,5-6,10-11H2,1-4H3. The number of hydrogen-bond donors (Lipinski definition) is 1. The lowest BCUT2D eigenvalue weighted by molar-refractivity contribution is 0.255. The molecule has 0 radical (unpaired) electrons. The van der Waals surface area contributed by atoms with E-state index < -0.39 is 0 Å². The van der Waals surface area contributed by atoms with Crippen LogP contribution < -0.4 is 5.32 Å². The molecule has 106 valence electrons. The molecular formula is C17H26ClN. The van der Waals surface area contributed by atoms with Gasteiger partial charge in [-0.2, -0.15) is 0 Å². The van der Waals surface area contributed by atoms with E-state index in [1.54, 1.807) is 0 Å². The fourth-order valence-corrected chi connectivity index (χ4v) is 3.44. The molecule has 0 spiro atoms. The quantitative estimate of drug-likeness (QED) is 0.801. The Morgan fingerprint density at radius 1 is 1.32 bits per heavy atom. The monoisotopic (exact) mass is 279 g/mol. The van der Waals surface area contributed by atoms with Crippen molar-refractivity contribution in [1.29, 1.82) is 0 Å². The molecule has 0 aliphatic heterocycles. The van der Waals surface area contributed by atoms with Gasteiger partial charge >= 0.3 is 0 Å². The fraction of sp³-hybridized carbons (Fsp3) is 0.647. The van der Waals surface area contributed by atoms with Crippen LogP contribution in [0.2, 0.25) is 5.02 Å². The molecule has 1 aromatic rings. The van der Waals surface area contributed by atoms with E-state index in [-0.39, 0.29) is 5.41 Å². The highest BCUT2D eigenvalue weighted by Crippen LogP contribution is 2.45. The van der Waals surface area contributed by atoms with Crippen LogP contribution in [-0.4, -0.2) is 6.54 Å². The van der Waals surface area contributed by atoms with E-state index in [4.69, 9.17) is 11.6 Å². The third kappa shape index (κ3) is 3.14. The highest BCUT2D eigenvalue weighted by atomic mass is 35.5. The number of nitrogens with one attached hydrogen (secondary N) is 1. The normalized spacial score (nSPS) is 20.8. The summed E-state index contributed by atoms with van der Waals surface area (Å²) in [6.07, 6.45) is 3.64. The van der Waals surface area contributed by atoms with Crippen LogP contribution in [0.1, 0.15) is 57.7 Å². The van der Waals surface area contributed by atoms with Gasteiger partial charge in [0.05, 0.1) is 0 Å². The van der Waals surface area contributed by atoms with E-state index >= 15 is 0 Å². The second-order valence-electron chi connectivity index (χ2n) is 6.53. The molecule has 0 saturated carbocycles. The summed E-state index contributed by atoms with van der Waals surface area (Å²) in [5.41, 5.74) is 3.14. The van der Waals surface area contributed by atoms with Crippen molar-refractivity contribution < 1.29 is 0 Å². The molecule has 2 heteroatoms. The van der Waals surface area contributed by atoms with Crippen LogP contribution in [0.25, 0.3) is 0 Å². The van der Waals surface area contributed by atoms with Gasteiger partial charge in [-0.1, -0.05) is 58.2 Å². The Hall–Kier alpha value is -0.530. The number of fused-ring (bicyclic) bond motifs is 1. The van der Waals surface area contributed by atoms with E-state index in [0.717, 1.165) is 23.9 Å². The first-order chi connectivity index (χ1) is 8.97. The van der Waals surface area contributed by atoms with E-state index in [9.17, 15) is 0 Å². The Labute approximate surface area is 122 Å². The summed E-state index contributed by atoms with van der Waals surface area (Å²) < 4.78 is 0. The van der Waals surface area contributed by atoms with Crippen LogP contribution >= 0.6 is 11.6 Å². The van der Waals surface area contributed by atoms with Gasteiger partial charge in [0.2, 0.25) is 0 Å². The second kappa shape index (κ2) is 5.85. The Kier molecular flexibility index (Phi) is 4.58. The predicted molar refractivity (Wildman–Crippen MR) is 83.8 cm³/mol. The van der Waals surface area contributed by atoms with Crippen LogP contribution in [0.15, 0.2) is 18.2 Å². The zero-order valence-electron chi connectivity index (χ0n) is 12.6. The summed E-state index contributed by atoms with van der Waals surface area (Å²) >= 11 is 6.17. The van der Waals surface area contributed by atoms with Crippen molar-refractivity contribution >= 4 is 11.6 Å². The molecule has 0 aromatic heterocycles. The minimum Gasteiger partial charge on any atom is -0.309 e. The molecule has 1 unspecified atom stereocenters. The summed E-state index contributed by atoms with van der Waals surface area (Å²) in [4.78, 5) is 0. The van der Waals surface area contributed by atoms with E-state index in [1.165, 1.54) is 24.0 Å². The Morgan fingerprint density at radius 3 is 2.63 bits per heavy atom. The molecule has 2 rings (SSSR count). The third-order valence-corrected chi connectivity index (χ3v) is 4.85. The number of rotatable bonds is 5. The van der Waals surface area contributed by atoms with Gasteiger partial charge in [-0.3, -0.25) is 0 Å². The van der Waals surface area contributed by atoms with Gasteiger partial charge in [-0.25, -0.2) is 0 Å². The lowest BCUT2D eigenvalue weighted by Crippen LogP contribution is -2.34. The molecule has 1 nitrogen and oxygen atoms in total. The van der Waals surface area contributed by atoms with Gasteiger partial charge in [0.1, 0.15) is 0 Å². The molecule has 0 saturated heterocycles. The first kappa shape index (κ1) is 14.9. The lowest BCUT2D eigenvalue weighted by Gasteiger charge is -2.30. The molecular weight excluding hydrogens is 254 g/mol. The molecule has 1 aliphatic rings.